The van der Waals surface area contributed by atoms with Gasteiger partial charge in [-0.25, -0.2) is 9.98 Å². The second-order valence-electron chi connectivity index (χ2n) is 5.85. The van der Waals surface area contributed by atoms with Gasteiger partial charge in [-0.3, -0.25) is 0 Å². The molecule has 7 nitrogen and oxygen atoms in total. The number of nitrogens with zero attached hydrogens (tertiary/aromatic N) is 2. The number of imidazole rings is 1. The topological polar surface area (TPSA) is 97.5 Å². The average molecular weight is 493 g/mol. The lowest BCUT2D eigenvalue weighted by Gasteiger charge is -2.09. The summed E-state index contributed by atoms with van der Waals surface area (Å²) in [6, 6.07) is 15.7. The Balaban J connectivity index is 0.00000280. The van der Waals surface area contributed by atoms with Crippen LogP contribution in [0.1, 0.15) is 11.4 Å². The van der Waals surface area contributed by atoms with Crippen molar-refractivity contribution < 1.29 is 9.47 Å². The van der Waals surface area contributed by atoms with Crippen LogP contribution in [0, 0.1) is 0 Å². The molecule has 0 unspecified atom stereocenters. The van der Waals surface area contributed by atoms with Crippen LogP contribution in [0.5, 0.6) is 11.5 Å². The van der Waals surface area contributed by atoms with Crippen LogP contribution < -0.4 is 20.5 Å². The van der Waals surface area contributed by atoms with E-state index in [1.165, 1.54) is 0 Å². The first-order chi connectivity index (χ1) is 13.2. The minimum atomic E-state index is 0. The van der Waals surface area contributed by atoms with Crippen molar-refractivity contribution >= 4 is 29.9 Å². The number of guanidine groups is 1. The molecule has 0 saturated heterocycles. The third kappa shape index (κ3) is 5.62. The number of nitrogens with two attached hydrogens (primary N) is 1. The molecule has 1 heterocycles. The second kappa shape index (κ2) is 10.5. The number of halogens is 1. The first kappa shape index (κ1) is 21.5. The number of rotatable bonds is 7. The number of aromatic nitrogens is 2. The zero-order valence-corrected chi connectivity index (χ0v) is 18.1. The Morgan fingerprint density at radius 3 is 2.57 bits per heavy atom. The van der Waals surface area contributed by atoms with Crippen molar-refractivity contribution in [2.24, 2.45) is 10.7 Å². The minimum Gasteiger partial charge on any atom is -0.493 e. The molecule has 0 bridgehead atoms. The number of H-pyrrole nitrogens is 1. The predicted octanol–water partition coefficient (Wildman–Crippen LogP) is 3.32. The van der Waals surface area contributed by atoms with Crippen LogP contribution in [-0.2, 0) is 13.1 Å². The van der Waals surface area contributed by atoms with Gasteiger partial charge < -0.3 is 25.5 Å². The lowest BCUT2D eigenvalue weighted by molar-refractivity contribution is 0.354. The molecule has 28 heavy (non-hydrogen) atoms. The first-order valence-electron chi connectivity index (χ1n) is 8.53. The van der Waals surface area contributed by atoms with Crippen LogP contribution in [0.25, 0.3) is 11.3 Å². The van der Waals surface area contributed by atoms with E-state index in [0.717, 1.165) is 22.6 Å². The fourth-order valence-electron chi connectivity index (χ4n) is 2.60. The molecule has 0 radical (unpaired) electrons. The van der Waals surface area contributed by atoms with E-state index in [4.69, 9.17) is 15.2 Å². The van der Waals surface area contributed by atoms with Crippen LogP contribution in [-0.4, -0.2) is 30.1 Å². The number of ether oxygens (including phenoxy) is 2. The molecule has 148 valence electrons. The molecule has 3 aromatic rings. The number of aliphatic imine (C=N–C) groups is 1. The molecule has 2 aromatic carbocycles. The van der Waals surface area contributed by atoms with Crippen LogP contribution in [0.15, 0.2) is 59.7 Å². The maximum absolute atomic E-state index is 5.96. The maximum atomic E-state index is 5.96. The summed E-state index contributed by atoms with van der Waals surface area (Å²) in [5, 5.41) is 3.06. The van der Waals surface area contributed by atoms with Gasteiger partial charge in [0, 0.05) is 0 Å². The molecule has 0 spiro atoms. The highest BCUT2D eigenvalue weighted by Gasteiger charge is 2.05. The van der Waals surface area contributed by atoms with Crippen molar-refractivity contribution in [3.05, 3.63) is 66.1 Å². The van der Waals surface area contributed by atoms with Crippen molar-refractivity contribution in [1.29, 1.82) is 0 Å². The molecule has 0 atom stereocenters. The van der Waals surface area contributed by atoms with E-state index in [1.807, 2.05) is 54.7 Å². The van der Waals surface area contributed by atoms with Crippen molar-refractivity contribution in [3.8, 4) is 22.8 Å². The number of aromatic amines is 1. The largest absolute Gasteiger partial charge is 0.493 e. The quantitative estimate of drug-likeness (QED) is 0.267. The lowest BCUT2D eigenvalue weighted by atomic mass is 10.2. The summed E-state index contributed by atoms with van der Waals surface area (Å²) in [6.45, 7) is 0.903. The molecule has 4 N–H and O–H groups in total. The van der Waals surface area contributed by atoms with E-state index in [0.29, 0.717) is 30.5 Å². The van der Waals surface area contributed by atoms with Gasteiger partial charge in [0.2, 0.25) is 0 Å². The minimum absolute atomic E-state index is 0. The Labute approximate surface area is 181 Å². The summed E-state index contributed by atoms with van der Waals surface area (Å²) in [6.07, 6.45) is 1.81. The highest BCUT2D eigenvalue weighted by Crippen LogP contribution is 2.27. The zero-order valence-electron chi connectivity index (χ0n) is 15.8. The van der Waals surface area contributed by atoms with Gasteiger partial charge in [0.15, 0.2) is 17.5 Å². The SMILES string of the molecule is COc1ccc(CN=C(N)NCc2ncc(-c3ccccc3)[nH]2)cc1OC.I. The van der Waals surface area contributed by atoms with E-state index in [-0.39, 0.29) is 24.0 Å². The third-order valence-corrected chi connectivity index (χ3v) is 4.03. The van der Waals surface area contributed by atoms with E-state index < -0.39 is 0 Å². The zero-order chi connectivity index (χ0) is 19.1. The van der Waals surface area contributed by atoms with Crippen LogP contribution in [0.2, 0.25) is 0 Å². The van der Waals surface area contributed by atoms with Gasteiger partial charge in [-0.2, -0.15) is 0 Å². The van der Waals surface area contributed by atoms with E-state index in [2.05, 4.69) is 20.3 Å². The standard InChI is InChI=1S/C20H23N5O2.HI/c1-26-17-9-8-14(10-18(17)27-2)11-23-20(21)24-13-19-22-12-16(25-19)15-6-4-3-5-7-15;/h3-10,12H,11,13H2,1-2H3,(H,22,25)(H3,21,23,24);1H. The fraction of sp³-hybridized carbons (Fsp3) is 0.200. The summed E-state index contributed by atoms with van der Waals surface area (Å²) in [7, 11) is 3.21. The third-order valence-electron chi connectivity index (χ3n) is 4.03. The van der Waals surface area contributed by atoms with Gasteiger partial charge in [0.1, 0.15) is 5.82 Å². The summed E-state index contributed by atoms with van der Waals surface area (Å²) >= 11 is 0. The molecule has 0 aliphatic heterocycles. The first-order valence-corrected chi connectivity index (χ1v) is 8.53. The van der Waals surface area contributed by atoms with Crippen LogP contribution in [0.3, 0.4) is 0 Å². The number of benzene rings is 2. The number of methoxy groups -OCH3 is 2. The van der Waals surface area contributed by atoms with Gasteiger partial charge in [0.05, 0.1) is 39.2 Å². The van der Waals surface area contributed by atoms with E-state index >= 15 is 0 Å². The molecule has 0 amide bonds. The normalized spacial score (nSPS) is 10.9. The molecular weight excluding hydrogens is 469 g/mol. The number of hydrogen-bond acceptors (Lipinski definition) is 4. The van der Waals surface area contributed by atoms with Crippen molar-refractivity contribution in [2.45, 2.75) is 13.1 Å². The summed E-state index contributed by atoms with van der Waals surface area (Å²) in [4.78, 5) is 12.0. The van der Waals surface area contributed by atoms with Gasteiger partial charge in [-0.1, -0.05) is 36.4 Å². The molecule has 0 aliphatic carbocycles. The highest BCUT2D eigenvalue weighted by molar-refractivity contribution is 14.0. The molecule has 0 aliphatic rings. The monoisotopic (exact) mass is 493 g/mol. The molecule has 1 aromatic heterocycles. The molecular formula is C20H24IN5O2. The molecule has 8 heteroatoms. The van der Waals surface area contributed by atoms with E-state index in [9.17, 15) is 0 Å². The van der Waals surface area contributed by atoms with Crippen molar-refractivity contribution in [3.63, 3.8) is 0 Å². The lowest BCUT2D eigenvalue weighted by Crippen LogP contribution is -2.31. The smallest absolute Gasteiger partial charge is 0.189 e. The fourth-order valence-corrected chi connectivity index (χ4v) is 2.60. The Kier molecular flexibility index (Phi) is 8.12. The van der Waals surface area contributed by atoms with Crippen LogP contribution in [0.4, 0.5) is 0 Å². The predicted molar refractivity (Wildman–Crippen MR) is 121 cm³/mol. The van der Waals surface area contributed by atoms with Gasteiger partial charge >= 0.3 is 0 Å². The van der Waals surface area contributed by atoms with Gasteiger partial charge in [0.25, 0.3) is 0 Å². The van der Waals surface area contributed by atoms with Gasteiger partial charge in [-0.05, 0) is 23.3 Å². The number of nitrogens with one attached hydrogen (secondary N) is 2. The highest BCUT2D eigenvalue weighted by atomic mass is 127. The van der Waals surface area contributed by atoms with Gasteiger partial charge in [-0.15, -0.1) is 24.0 Å². The van der Waals surface area contributed by atoms with Crippen molar-refractivity contribution in [2.75, 3.05) is 14.2 Å². The summed E-state index contributed by atoms with van der Waals surface area (Å²) in [5.74, 6) is 2.49. The second-order valence-corrected chi connectivity index (χ2v) is 5.85. The van der Waals surface area contributed by atoms with Crippen molar-refractivity contribution in [1.82, 2.24) is 15.3 Å². The Morgan fingerprint density at radius 2 is 1.86 bits per heavy atom. The molecule has 0 fully saturated rings. The van der Waals surface area contributed by atoms with Crippen LogP contribution >= 0.6 is 24.0 Å². The maximum Gasteiger partial charge on any atom is 0.189 e. The average Bonchev–Trinajstić information content (AvgIpc) is 3.20. The summed E-state index contributed by atoms with van der Waals surface area (Å²) < 4.78 is 10.5. The Morgan fingerprint density at radius 1 is 1.11 bits per heavy atom. The Bertz CT molecular complexity index is 912. The molecule has 3 rings (SSSR count). The summed E-state index contributed by atoms with van der Waals surface area (Å²) in [5.41, 5.74) is 8.98. The number of hydrogen-bond donors (Lipinski definition) is 3. The van der Waals surface area contributed by atoms with E-state index in [1.54, 1.807) is 14.2 Å². The molecule has 0 saturated carbocycles. The Hall–Kier alpha value is -2.75.